The van der Waals surface area contributed by atoms with E-state index in [1.54, 1.807) is 11.2 Å². The average molecular weight is 179 g/mol. The fourth-order valence-electron chi connectivity index (χ4n) is 0.945. The maximum absolute atomic E-state index is 3.17. The molecule has 0 saturated carbocycles. The molecule has 0 radical (unpaired) electrons. The maximum atomic E-state index is 3.17. The monoisotopic (exact) mass is 179 g/mol. The third-order valence-corrected chi connectivity index (χ3v) is 2.04. The summed E-state index contributed by atoms with van der Waals surface area (Å²) in [6, 6.07) is 8.34. The van der Waals surface area contributed by atoms with Crippen LogP contribution in [-0.2, 0) is 0 Å². The van der Waals surface area contributed by atoms with E-state index >= 15 is 0 Å². The van der Waals surface area contributed by atoms with Crippen LogP contribution in [0.1, 0.15) is 5.56 Å². The molecule has 1 nitrogen and oxygen atoms in total. The van der Waals surface area contributed by atoms with Crippen molar-refractivity contribution in [1.82, 2.24) is 0 Å². The fourth-order valence-corrected chi connectivity index (χ4v) is 1.32. The minimum atomic E-state index is 1.15. The van der Waals surface area contributed by atoms with Crippen molar-refractivity contribution in [3.63, 3.8) is 0 Å². The van der Waals surface area contributed by atoms with Gasteiger partial charge >= 0.3 is 0 Å². The summed E-state index contributed by atoms with van der Waals surface area (Å²) in [5.41, 5.74) is 2.37. The Balaban J connectivity index is 2.90. The Morgan fingerprint density at radius 3 is 2.17 bits per heavy atom. The Kier molecular flexibility index (Phi) is 3.15. The first-order valence-electron chi connectivity index (χ1n) is 3.80. The van der Waals surface area contributed by atoms with Crippen LogP contribution in [0.25, 0.3) is 0 Å². The van der Waals surface area contributed by atoms with Crippen molar-refractivity contribution in [2.24, 2.45) is 0 Å². The Labute approximate surface area is 77.6 Å². The van der Waals surface area contributed by atoms with Crippen LogP contribution >= 0.6 is 11.2 Å². The molecule has 0 N–H and O–H groups in total. The van der Waals surface area contributed by atoms with E-state index in [2.05, 4.69) is 34.3 Å². The van der Waals surface area contributed by atoms with Crippen molar-refractivity contribution in [3.8, 4) is 5.18 Å². The van der Waals surface area contributed by atoms with Gasteiger partial charge in [-0.3, -0.25) is 0 Å². The van der Waals surface area contributed by atoms with Crippen LogP contribution in [0.5, 0.6) is 0 Å². The number of hydrogen-bond donors (Lipinski definition) is 0. The average Bonchev–Trinajstić information content (AvgIpc) is 2.06. The highest BCUT2D eigenvalue weighted by Gasteiger charge is 1.92. The molecule has 2 heteroatoms. The van der Waals surface area contributed by atoms with Gasteiger partial charge in [0.2, 0.25) is 0 Å². The standard InChI is InChI=1S/C10H13NS/c1-11(2)10-6-4-9(5-7-10)8-12-3/h4-7H,1-3H3. The predicted molar refractivity (Wildman–Crippen MR) is 57.3 cm³/mol. The van der Waals surface area contributed by atoms with E-state index in [1.807, 2.05) is 20.4 Å². The van der Waals surface area contributed by atoms with Gasteiger partial charge in [0.1, 0.15) is 0 Å². The molecule has 0 amide bonds. The lowest BCUT2D eigenvalue weighted by Gasteiger charge is -2.11. The topological polar surface area (TPSA) is 3.24 Å². The van der Waals surface area contributed by atoms with Gasteiger partial charge in [-0.2, -0.15) is 0 Å². The minimum absolute atomic E-state index is 1.15. The molecule has 0 heterocycles. The van der Waals surface area contributed by atoms with Crippen molar-refractivity contribution in [2.45, 2.75) is 0 Å². The van der Waals surface area contributed by atoms with Crippen molar-refractivity contribution in [1.29, 1.82) is 0 Å². The van der Waals surface area contributed by atoms with E-state index in [-0.39, 0.29) is 0 Å². The van der Waals surface area contributed by atoms with E-state index in [0.29, 0.717) is 0 Å². The number of nitrogens with zero attached hydrogens (tertiary/aromatic N) is 1. The van der Waals surface area contributed by atoms with E-state index < -0.39 is 0 Å². The first-order valence-corrected chi connectivity index (χ1v) is 5.03. The third-order valence-electron chi connectivity index (χ3n) is 1.60. The van der Waals surface area contributed by atoms with Crippen molar-refractivity contribution < 1.29 is 0 Å². The van der Waals surface area contributed by atoms with E-state index in [1.165, 1.54) is 5.69 Å². The Morgan fingerprint density at radius 1 is 1.17 bits per heavy atom. The first kappa shape index (κ1) is 9.11. The second kappa shape index (κ2) is 4.15. The zero-order valence-corrected chi connectivity index (χ0v) is 8.48. The molecule has 0 fully saturated rings. The summed E-state index contributed by atoms with van der Waals surface area (Å²) in [5, 5.41) is 3.17. The fraction of sp³-hybridized carbons (Fsp3) is 0.300. The lowest BCUT2D eigenvalue weighted by atomic mass is 10.2. The Hall–Kier alpha value is -0.980. The summed E-state index contributed by atoms with van der Waals surface area (Å²) in [4.78, 5) is 2.09. The van der Waals surface area contributed by atoms with E-state index in [0.717, 1.165) is 5.56 Å². The smallest absolute Gasteiger partial charge is 0.0361 e. The van der Waals surface area contributed by atoms with Crippen molar-refractivity contribution in [2.75, 3.05) is 25.3 Å². The zero-order chi connectivity index (χ0) is 8.97. The van der Waals surface area contributed by atoms with Gasteiger partial charge in [-0.1, -0.05) is 5.18 Å². The minimum Gasteiger partial charge on any atom is -0.378 e. The van der Waals surface area contributed by atoms with Crippen LogP contribution in [0.2, 0.25) is 0 Å². The highest BCUT2D eigenvalue weighted by atomic mass is 32.1. The molecular weight excluding hydrogens is 166 g/mol. The molecule has 0 aliphatic heterocycles. The summed E-state index contributed by atoms with van der Waals surface area (Å²) in [6.07, 6.45) is 2.01. The molecule has 0 aliphatic carbocycles. The first-order chi connectivity index (χ1) is 5.74. The number of anilines is 1. The molecular formula is C10H13NS. The van der Waals surface area contributed by atoms with Crippen LogP contribution in [0.3, 0.4) is 0 Å². The van der Waals surface area contributed by atoms with Crippen molar-refractivity contribution in [3.05, 3.63) is 29.8 Å². The Morgan fingerprint density at radius 2 is 1.75 bits per heavy atom. The normalized spacial score (nSPS) is 8.92. The molecule has 0 aromatic heterocycles. The molecule has 0 saturated heterocycles. The summed E-state index contributed by atoms with van der Waals surface area (Å²) in [7, 11) is 4.08. The van der Waals surface area contributed by atoms with E-state index in [4.69, 9.17) is 0 Å². The van der Waals surface area contributed by atoms with Crippen LogP contribution in [-0.4, -0.2) is 20.4 Å². The second-order valence-corrected chi connectivity index (χ2v) is 3.36. The molecule has 1 aromatic carbocycles. The largest absolute Gasteiger partial charge is 0.378 e. The zero-order valence-electron chi connectivity index (χ0n) is 7.66. The van der Waals surface area contributed by atoms with Gasteiger partial charge < -0.3 is 4.90 Å². The highest BCUT2D eigenvalue weighted by Crippen LogP contribution is 2.11. The van der Waals surface area contributed by atoms with Gasteiger partial charge in [0.05, 0.1) is 0 Å². The van der Waals surface area contributed by atoms with Gasteiger partial charge in [-0.25, -0.2) is 0 Å². The van der Waals surface area contributed by atoms with Crippen LogP contribution in [0.15, 0.2) is 24.3 Å². The van der Waals surface area contributed by atoms with Crippen molar-refractivity contribution >= 4 is 16.9 Å². The van der Waals surface area contributed by atoms with Crippen LogP contribution in [0, 0.1) is 5.18 Å². The number of benzene rings is 1. The maximum Gasteiger partial charge on any atom is 0.0361 e. The summed E-state index contributed by atoms with van der Waals surface area (Å²) < 4.78 is 0. The Bertz CT molecular complexity index is 303. The number of hydrogen-bond acceptors (Lipinski definition) is 1. The molecule has 0 spiro atoms. The molecule has 0 aliphatic rings. The third kappa shape index (κ3) is 2.26. The van der Waals surface area contributed by atoms with Gasteiger partial charge in [-0.15, -0.1) is 11.2 Å². The van der Waals surface area contributed by atoms with Gasteiger partial charge in [-0.05, 0) is 24.3 Å². The lowest BCUT2D eigenvalue weighted by molar-refractivity contribution is 1.13. The SMILES string of the molecule is CS#Cc1ccc(N(C)C)cc1. The van der Waals surface area contributed by atoms with Gasteiger partial charge in [0.25, 0.3) is 0 Å². The summed E-state index contributed by atoms with van der Waals surface area (Å²) in [5.74, 6) is 0. The number of rotatable bonds is 1. The lowest BCUT2D eigenvalue weighted by Crippen LogP contribution is -2.07. The molecule has 0 atom stereocenters. The summed E-state index contributed by atoms with van der Waals surface area (Å²) >= 11 is 1.61. The van der Waals surface area contributed by atoms with Gasteiger partial charge in [0.15, 0.2) is 0 Å². The molecule has 0 unspecified atom stereocenters. The molecule has 1 aromatic rings. The van der Waals surface area contributed by atoms with Crippen LogP contribution in [0.4, 0.5) is 5.69 Å². The second-order valence-electron chi connectivity index (χ2n) is 2.75. The molecule has 1 rings (SSSR count). The molecule has 64 valence electrons. The van der Waals surface area contributed by atoms with Gasteiger partial charge in [0, 0.05) is 31.6 Å². The summed E-state index contributed by atoms with van der Waals surface area (Å²) in [6.45, 7) is 0. The van der Waals surface area contributed by atoms with E-state index in [9.17, 15) is 0 Å². The predicted octanol–water partition coefficient (Wildman–Crippen LogP) is 2.42. The molecule has 0 bridgehead atoms. The highest BCUT2D eigenvalue weighted by molar-refractivity contribution is 7.88. The molecule has 12 heavy (non-hydrogen) atoms. The van der Waals surface area contributed by atoms with Crippen LogP contribution < -0.4 is 4.90 Å². The quantitative estimate of drug-likeness (QED) is 0.640.